The fourth-order valence-corrected chi connectivity index (χ4v) is 3.24. The number of hydrogen-bond donors (Lipinski definition) is 1. The number of pyridine rings is 1. The second kappa shape index (κ2) is 6.16. The highest BCUT2D eigenvalue weighted by atomic mass is 32.2. The van der Waals surface area contributed by atoms with Crippen molar-refractivity contribution in [2.24, 2.45) is 0 Å². The van der Waals surface area contributed by atoms with Crippen molar-refractivity contribution < 1.29 is 4.21 Å². The van der Waals surface area contributed by atoms with E-state index in [4.69, 9.17) is 0 Å². The lowest BCUT2D eigenvalue weighted by atomic mass is 9.95. The van der Waals surface area contributed by atoms with Crippen LogP contribution in [0.5, 0.6) is 0 Å². The van der Waals surface area contributed by atoms with Crippen molar-refractivity contribution in [3.8, 4) is 6.07 Å². The Labute approximate surface area is 116 Å². The first-order chi connectivity index (χ1) is 9.10. The van der Waals surface area contributed by atoms with Crippen LogP contribution in [0.1, 0.15) is 36.6 Å². The molecule has 2 atom stereocenters. The minimum Gasteiger partial charge on any atom is -0.366 e. The fraction of sp³-hybridized carbons (Fsp3) is 0.571. The van der Waals surface area contributed by atoms with Crippen molar-refractivity contribution >= 4 is 16.6 Å². The minimum absolute atomic E-state index is 0.0482. The van der Waals surface area contributed by atoms with Crippen LogP contribution >= 0.6 is 0 Å². The van der Waals surface area contributed by atoms with Crippen molar-refractivity contribution in [1.82, 2.24) is 4.98 Å². The maximum atomic E-state index is 11.2. The van der Waals surface area contributed by atoms with Crippen LogP contribution in [-0.2, 0) is 23.6 Å². The monoisotopic (exact) mass is 277 g/mol. The van der Waals surface area contributed by atoms with Gasteiger partial charge < -0.3 is 5.32 Å². The molecule has 19 heavy (non-hydrogen) atoms. The average Bonchev–Trinajstić information content (AvgIpc) is 2.36. The molecule has 2 unspecified atom stereocenters. The Kier molecular flexibility index (Phi) is 4.54. The molecule has 0 amide bonds. The molecule has 1 aliphatic rings. The van der Waals surface area contributed by atoms with E-state index in [0.717, 1.165) is 18.5 Å². The van der Waals surface area contributed by atoms with Gasteiger partial charge in [0.15, 0.2) is 0 Å². The summed E-state index contributed by atoms with van der Waals surface area (Å²) < 4.78 is 11.2. The van der Waals surface area contributed by atoms with Gasteiger partial charge in [0, 0.05) is 34.5 Å². The molecule has 1 aliphatic carbocycles. The molecule has 0 aromatic carbocycles. The third kappa shape index (κ3) is 3.54. The summed E-state index contributed by atoms with van der Waals surface area (Å²) >= 11 is 0. The lowest BCUT2D eigenvalue weighted by molar-refractivity contribution is 0.666. The molecule has 4 nitrogen and oxygen atoms in total. The normalized spacial score (nSPS) is 17.1. The molecule has 0 spiro atoms. The standard InChI is InChI=1S/C14H19N3OS/c1-10(9-19(2)18)16-14-12(8-15)7-11-5-3-4-6-13(11)17-14/h7,10H,3-6,9H2,1-2H3,(H,16,17). The van der Waals surface area contributed by atoms with Crippen LogP contribution in [0.4, 0.5) is 5.82 Å². The van der Waals surface area contributed by atoms with E-state index in [9.17, 15) is 9.47 Å². The fourth-order valence-electron chi connectivity index (χ4n) is 2.46. The van der Waals surface area contributed by atoms with Crippen LogP contribution < -0.4 is 5.32 Å². The van der Waals surface area contributed by atoms with E-state index in [0.29, 0.717) is 17.1 Å². The maximum absolute atomic E-state index is 11.2. The molecule has 0 saturated heterocycles. The highest BCUT2D eigenvalue weighted by Crippen LogP contribution is 2.24. The van der Waals surface area contributed by atoms with Gasteiger partial charge in [-0.25, -0.2) is 4.98 Å². The van der Waals surface area contributed by atoms with Crippen molar-refractivity contribution in [1.29, 1.82) is 5.26 Å². The Balaban J connectivity index is 2.24. The molecule has 1 aromatic rings. The number of rotatable bonds is 4. The van der Waals surface area contributed by atoms with Crippen LogP contribution in [0.2, 0.25) is 0 Å². The van der Waals surface area contributed by atoms with E-state index in [-0.39, 0.29) is 6.04 Å². The Bertz CT molecular complexity index is 536. The Hall–Kier alpha value is -1.41. The van der Waals surface area contributed by atoms with E-state index in [1.807, 2.05) is 13.0 Å². The van der Waals surface area contributed by atoms with Crippen LogP contribution in [0.25, 0.3) is 0 Å². The van der Waals surface area contributed by atoms with E-state index in [2.05, 4.69) is 16.4 Å². The van der Waals surface area contributed by atoms with Gasteiger partial charge >= 0.3 is 0 Å². The van der Waals surface area contributed by atoms with Crippen LogP contribution in [0.15, 0.2) is 6.07 Å². The molecular weight excluding hydrogens is 258 g/mol. The quantitative estimate of drug-likeness (QED) is 0.914. The molecule has 0 fully saturated rings. The van der Waals surface area contributed by atoms with Gasteiger partial charge in [0.2, 0.25) is 0 Å². The second-order valence-corrected chi connectivity index (χ2v) is 6.57. The molecule has 102 valence electrons. The van der Waals surface area contributed by atoms with E-state index < -0.39 is 10.8 Å². The lowest BCUT2D eigenvalue weighted by Crippen LogP contribution is -2.24. The Morgan fingerprint density at radius 3 is 2.95 bits per heavy atom. The molecule has 5 heteroatoms. The van der Waals surface area contributed by atoms with E-state index in [1.54, 1.807) is 6.26 Å². The molecular formula is C14H19N3OS. The Morgan fingerprint density at radius 2 is 2.26 bits per heavy atom. The first-order valence-electron chi connectivity index (χ1n) is 6.59. The second-order valence-electron chi connectivity index (χ2n) is 5.09. The molecule has 0 bridgehead atoms. The van der Waals surface area contributed by atoms with Crippen molar-refractivity contribution in [2.45, 2.75) is 38.6 Å². The van der Waals surface area contributed by atoms with Crippen LogP contribution in [0.3, 0.4) is 0 Å². The van der Waals surface area contributed by atoms with Gasteiger partial charge in [-0.15, -0.1) is 0 Å². The summed E-state index contributed by atoms with van der Waals surface area (Å²) in [7, 11) is -0.853. The van der Waals surface area contributed by atoms with Crippen molar-refractivity contribution in [2.75, 3.05) is 17.3 Å². The van der Waals surface area contributed by atoms with E-state index >= 15 is 0 Å². The largest absolute Gasteiger partial charge is 0.366 e. The maximum Gasteiger partial charge on any atom is 0.144 e. The predicted octanol–water partition coefficient (Wildman–Crippen LogP) is 2.01. The zero-order chi connectivity index (χ0) is 13.8. The smallest absolute Gasteiger partial charge is 0.144 e. The van der Waals surface area contributed by atoms with Crippen molar-refractivity contribution in [3.05, 3.63) is 22.9 Å². The van der Waals surface area contributed by atoms with Crippen molar-refractivity contribution in [3.63, 3.8) is 0 Å². The number of aromatic nitrogens is 1. The predicted molar refractivity (Wildman–Crippen MR) is 77.6 cm³/mol. The summed E-state index contributed by atoms with van der Waals surface area (Å²) in [6.07, 6.45) is 6.04. The third-order valence-electron chi connectivity index (χ3n) is 3.29. The van der Waals surface area contributed by atoms with Gasteiger partial charge in [0.1, 0.15) is 11.9 Å². The molecule has 0 aliphatic heterocycles. The van der Waals surface area contributed by atoms with E-state index in [1.165, 1.54) is 18.4 Å². The number of nitrogens with zero attached hydrogens (tertiary/aromatic N) is 2. The third-order valence-corrected chi connectivity index (χ3v) is 4.26. The summed E-state index contributed by atoms with van der Waals surface area (Å²) in [5.74, 6) is 1.20. The van der Waals surface area contributed by atoms with Gasteiger partial charge in [-0.3, -0.25) is 4.21 Å². The number of hydrogen-bond acceptors (Lipinski definition) is 4. The number of nitrogens with one attached hydrogen (secondary N) is 1. The molecule has 1 aromatic heterocycles. The number of nitriles is 1. The highest BCUT2D eigenvalue weighted by molar-refractivity contribution is 7.84. The summed E-state index contributed by atoms with van der Waals surface area (Å²) in [6.45, 7) is 1.96. The van der Waals surface area contributed by atoms with Gasteiger partial charge in [0.05, 0.1) is 5.56 Å². The Morgan fingerprint density at radius 1 is 1.53 bits per heavy atom. The van der Waals surface area contributed by atoms with Gasteiger partial charge in [0.25, 0.3) is 0 Å². The number of aryl methyl sites for hydroxylation is 2. The first-order valence-corrected chi connectivity index (χ1v) is 8.32. The number of anilines is 1. The van der Waals surface area contributed by atoms with Gasteiger partial charge in [-0.2, -0.15) is 5.26 Å². The molecule has 2 rings (SSSR count). The molecule has 1 heterocycles. The topological polar surface area (TPSA) is 65.8 Å². The lowest BCUT2D eigenvalue weighted by Gasteiger charge is -2.19. The average molecular weight is 277 g/mol. The molecule has 1 N–H and O–H groups in total. The summed E-state index contributed by atoms with van der Waals surface area (Å²) in [4.78, 5) is 4.60. The van der Waals surface area contributed by atoms with Crippen LogP contribution in [-0.4, -0.2) is 27.2 Å². The number of fused-ring (bicyclic) bond motifs is 1. The van der Waals surface area contributed by atoms with Gasteiger partial charge in [-0.05, 0) is 44.2 Å². The minimum atomic E-state index is -0.853. The molecule has 0 saturated carbocycles. The SMILES string of the molecule is CC(CS(C)=O)Nc1nc2c(cc1C#N)CCCC2. The van der Waals surface area contributed by atoms with Crippen LogP contribution in [0, 0.1) is 11.3 Å². The zero-order valence-corrected chi connectivity index (χ0v) is 12.2. The molecule has 0 radical (unpaired) electrons. The zero-order valence-electron chi connectivity index (χ0n) is 11.4. The van der Waals surface area contributed by atoms with Gasteiger partial charge in [-0.1, -0.05) is 0 Å². The first kappa shape index (κ1) is 14.0. The summed E-state index contributed by atoms with van der Waals surface area (Å²) in [6, 6.07) is 4.21. The summed E-state index contributed by atoms with van der Waals surface area (Å²) in [5.41, 5.74) is 2.91. The summed E-state index contributed by atoms with van der Waals surface area (Å²) in [5, 5.41) is 12.4. The highest BCUT2D eigenvalue weighted by Gasteiger charge is 2.16.